The minimum absolute atomic E-state index is 0.124. The number of carbonyl (C=O) groups is 1. The maximum atomic E-state index is 11.7. The van der Waals surface area contributed by atoms with Gasteiger partial charge in [0.25, 0.3) is 0 Å². The van der Waals surface area contributed by atoms with Crippen LogP contribution in [0.3, 0.4) is 0 Å². The summed E-state index contributed by atoms with van der Waals surface area (Å²) in [5.74, 6) is 0.124. The van der Waals surface area contributed by atoms with Crippen LogP contribution in [-0.2, 0) is 4.79 Å². The Morgan fingerprint density at radius 3 is 2.17 bits per heavy atom. The molecule has 1 unspecified atom stereocenters. The average molecular weight is 208 g/mol. The Bertz CT molecular complexity index is 237. The first kappa shape index (κ1) is 8.64. The lowest BCUT2D eigenvalue weighted by atomic mass is 10.1. The van der Waals surface area contributed by atoms with Crippen LogP contribution in [0.1, 0.15) is 19.8 Å². The summed E-state index contributed by atoms with van der Waals surface area (Å²) in [7, 11) is 0. The highest BCUT2D eigenvalue weighted by molar-refractivity contribution is 6.53. The highest BCUT2D eigenvalue weighted by Crippen LogP contribution is 2.64. The smallest absolute Gasteiger partial charge is 0.231 e. The van der Waals surface area contributed by atoms with E-state index in [4.69, 9.17) is 23.2 Å². The first-order valence-electron chi connectivity index (χ1n) is 4.15. The topological polar surface area (TPSA) is 20.3 Å². The molecule has 1 saturated carbocycles. The van der Waals surface area contributed by atoms with Crippen molar-refractivity contribution in [3.63, 3.8) is 0 Å². The number of amides is 1. The molecule has 1 saturated heterocycles. The van der Waals surface area contributed by atoms with Gasteiger partial charge in [0.1, 0.15) is 4.33 Å². The van der Waals surface area contributed by atoms with E-state index in [1.807, 2.05) is 11.8 Å². The van der Waals surface area contributed by atoms with Crippen molar-refractivity contribution in [3.8, 4) is 0 Å². The van der Waals surface area contributed by atoms with E-state index in [0.29, 0.717) is 6.42 Å². The fourth-order valence-electron chi connectivity index (χ4n) is 1.50. The van der Waals surface area contributed by atoms with E-state index in [-0.39, 0.29) is 5.91 Å². The van der Waals surface area contributed by atoms with Gasteiger partial charge in [-0.05, 0) is 19.8 Å². The predicted molar refractivity (Wildman–Crippen MR) is 48.4 cm³/mol. The molecule has 12 heavy (non-hydrogen) atoms. The summed E-state index contributed by atoms with van der Waals surface area (Å²) in [6.07, 6.45) is 1.71. The van der Waals surface area contributed by atoms with Crippen molar-refractivity contribution in [2.75, 3.05) is 13.1 Å². The summed E-state index contributed by atoms with van der Waals surface area (Å²) in [5.41, 5.74) is -0.503. The van der Waals surface area contributed by atoms with Crippen molar-refractivity contribution in [2.24, 2.45) is 5.41 Å². The van der Waals surface area contributed by atoms with Crippen LogP contribution in [0.15, 0.2) is 0 Å². The molecule has 0 spiro atoms. The predicted octanol–water partition coefficient (Wildman–Crippen LogP) is 1.80. The van der Waals surface area contributed by atoms with Crippen LogP contribution >= 0.6 is 23.2 Å². The second-order valence-corrected chi connectivity index (χ2v) is 5.34. The molecule has 68 valence electrons. The Kier molecular flexibility index (Phi) is 1.65. The Balaban J connectivity index is 2.06. The molecule has 0 radical (unpaired) electrons. The van der Waals surface area contributed by atoms with E-state index < -0.39 is 9.75 Å². The molecule has 1 aliphatic heterocycles. The second kappa shape index (κ2) is 2.30. The zero-order valence-electron chi connectivity index (χ0n) is 6.94. The summed E-state index contributed by atoms with van der Waals surface area (Å²) in [5, 5.41) is 0. The van der Waals surface area contributed by atoms with Gasteiger partial charge in [-0.15, -0.1) is 23.2 Å². The quantitative estimate of drug-likeness (QED) is 0.601. The molecule has 0 aromatic carbocycles. The zero-order chi connectivity index (χ0) is 8.98. The van der Waals surface area contributed by atoms with Crippen LogP contribution in [0.25, 0.3) is 0 Å². The van der Waals surface area contributed by atoms with Crippen molar-refractivity contribution in [1.82, 2.24) is 4.90 Å². The van der Waals surface area contributed by atoms with Gasteiger partial charge in [0.05, 0.1) is 5.41 Å². The number of carbonyl (C=O) groups excluding carboxylic acids is 1. The fraction of sp³-hybridized carbons (Fsp3) is 0.875. The summed E-state index contributed by atoms with van der Waals surface area (Å²) in [6.45, 7) is 3.59. The molecule has 1 amide bonds. The number of halogens is 2. The monoisotopic (exact) mass is 207 g/mol. The number of hydrogen-bond donors (Lipinski definition) is 0. The van der Waals surface area contributed by atoms with Crippen molar-refractivity contribution in [2.45, 2.75) is 24.1 Å². The Hall–Kier alpha value is 0.0500. The van der Waals surface area contributed by atoms with Crippen molar-refractivity contribution < 1.29 is 4.79 Å². The van der Waals surface area contributed by atoms with Crippen LogP contribution in [0.2, 0.25) is 0 Å². The van der Waals surface area contributed by atoms with Crippen LogP contribution in [0.4, 0.5) is 0 Å². The molecular weight excluding hydrogens is 197 g/mol. The molecule has 2 fully saturated rings. The van der Waals surface area contributed by atoms with Crippen LogP contribution in [0, 0.1) is 5.41 Å². The standard InChI is InChI=1S/C8H11Cl2NO/c1-7(5-8(7,9)10)6(12)11-3-2-4-11/h2-5H2,1H3. The maximum Gasteiger partial charge on any atom is 0.231 e. The lowest BCUT2D eigenvalue weighted by Gasteiger charge is -2.33. The van der Waals surface area contributed by atoms with Gasteiger partial charge in [0.15, 0.2) is 0 Å². The average Bonchev–Trinajstić information content (AvgIpc) is 2.29. The fourth-order valence-corrected chi connectivity index (χ4v) is 2.20. The van der Waals surface area contributed by atoms with Gasteiger partial charge < -0.3 is 4.90 Å². The summed E-state index contributed by atoms with van der Waals surface area (Å²) < 4.78 is -0.806. The Morgan fingerprint density at radius 1 is 1.42 bits per heavy atom. The largest absolute Gasteiger partial charge is 0.342 e. The minimum Gasteiger partial charge on any atom is -0.342 e. The molecule has 2 nitrogen and oxygen atoms in total. The minimum atomic E-state index is -0.806. The molecule has 2 aliphatic rings. The van der Waals surface area contributed by atoms with Crippen molar-refractivity contribution >= 4 is 29.1 Å². The van der Waals surface area contributed by atoms with Gasteiger partial charge >= 0.3 is 0 Å². The Labute approximate surface area is 81.8 Å². The Morgan fingerprint density at radius 2 is 1.92 bits per heavy atom. The molecule has 0 aromatic rings. The van der Waals surface area contributed by atoms with E-state index in [2.05, 4.69) is 0 Å². The van der Waals surface area contributed by atoms with E-state index in [0.717, 1.165) is 19.5 Å². The number of rotatable bonds is 1. The van der Waals surface area contributed by atoms with Crippen LogP contribution in [-0.4, -0.2) is 28.2 Å². The second-order valence-electron chi connectivity index (χ2n) is 3.86. The van der Waals surface area contributed by atoms with Gasteiger partial charge in [-0.25, -0.2) is 0 Å². The normalized spacial score (nSPS) is 37.4. The van der Waals surface area contributed by atoms with Gasteiger partial charge in [-0.2, -0.15) is 0 Å². The van der Waals surface area contributed by atoms with E-state index >= 15 is 0 Å². The lowest BCUT2D eigenvalue weighted by molar-refractivity contribution is -0.139. The maximum absolute atomic E-state index is 11.7. The zero-order valence-corrected chi connectivity index (χ0v) is 8.45. The SMILES string of the molecule is CC1(C(=O)N2CCC2)CC1(Cl)Cl. The molecule has 0 bridgehead atoms. The molecule has 2 rings (SSSR count). The summed E-state index contributed by atoms with van der Waals surface area (Å²) in [6, 6.07) is 0. The third-order valence-electron chi connectivity index (χ3n) is 2.87. The van der Waals surface area contributed by atoms with Gasteiger partial charge in [-0.3, -0.25) is 4.79 Å². The van der Waals surface area contributed by atoms with E-state index in [1.54, 1.807) is 0 Å². The number of hydrogen-bond acceptors (Lipinski definition) is 1. The highest BCUT2D eigenvalue weighted by Gasteiger charge is 2.68. The molecule has 0 N–H and O–H groups in total. The number of nitrogens with zero attached hydrogens (tertiary/aromatic N) is 1. The summed E-state index contributed by atoms with van der Waals surface area (Å²) in [4.78, 5) is 13.5. The van der Waals surface area contributed by atoms with Crippen molar-refractivity contribution in [3.05, 3.63) is 0 Å². The molecule has 1 heterocycles. The van der Waals surface area contributed by atoms with E-state index in [1.165, 1.54) is 0 Å². The van der Waals surface area contributed by atoms with Gasteiger partial charge in [0, 0.05) is 13.1 Å². The lowest BCUT2D eigenvalue weighted by Crippen LogP contribution is -2.46. The molecule has 4 heteroatoms. The third-order valence-corrected chi connectivity index (χ3v) is 3.97. The molecule has 1 aliphatic carbocycles. The molecular formula is C8H11Cl2NO. The van der Waals surface area contributed by atoms with Gasteiger partial charge in [-0.1, -0.05) is 0 Å². The first-order chi connectivity index (χ1) is 5.47. The number of likely N-dealkylation sites (tertiary alicyclic amines) is 1. The molecule has 0 aromatic heterocycles. The third kappa shape index (κ3) is 0.975. The van der Waals surface area contributed by atoms with Gasteiger partial charge in [0.2, 0.25) is 5.91 Å². The highest BCUT2D eigenvalue weighted by atomic mass is 35.5. The number of alkyl halides is 2. The van der Waals surface area contributed by atoms with Crippen LogP contribution in [0.5, 0.6) is 0 Å². The van der Waals surface area contributed by atoms with E-state index in [9.17, 15) is 4.79 Å². The summed E-state index contributed by atoms with van der Waals surface area (Å²) >= 11 is 11.8. The first-order valence-corrected chi connectivity index (χ1v) is 4.90. The van der Waals surface area contributed by atoms with Crippen LogP contribution < -0.4 is 0 Å². The van der Waals surface area contributed by atoms with Crippen molar-refractivity contribution in [1.29, 1.82) is 0 Å². The molecule has 1 atom stereocenters.